The van der Waals surface area contributed by atoms with Crippen LogP contribution in [0.2, 0.25) is 0 Å². The SMILES string of the molecule is Cc1cc(F)ccc1-c1sc2cc(O)ccc2c1Oc1ccc(C=CC(=O)O)cc1. The second-order valence-electron chi connectivity index (χ2n) is 6.74. The van der Waals surface area contributed by atoms with E-state index in [4.69, 9.17) is 9.84 Å². The van der Waals surface area contributed by atoms with Gasteiger partial charge in [0.1, 0.15) is 17.3 Å². The average Bonchev–Trinajstić information content (AvgIpc) is 3.04. The van der Waals surface area contributed by atoms with E-state index in [0.717, 1.165) is 37.7 Å². The third-order valence-electron chi connectivity index (χ3n) is 4.58. The summed E-state index contributed by atoms with van der Waals surface area (Å²) in [6, 6.07) is 16.7. The molecule has 0 radical (unpaired) electrons. The van der Waals surface area contributed by atoms with Gasteiger partial charge < -0.3 is 14.9 Å². The Kier molecular flexibility index (Phi) is 5.25. The molecule has 0 aliphatic carbocycles. The van der Waals surface area contributed by atoms with E-state index in [1.165, 1.54) is 29.5 Å². The van der Waals surface area contributed by atoms with Crippen molar-refractivity contribution in [1.82, 2.24) is 0 Å². The molecule has 4 rings (SSSR count). The molecule has 4 aromatic rings. The number of carbonyl (C=O) groups is 1. The number of ether oxygens (including phenoxy) is 1. The van der Waals surface area contributed by atoms with Crippen molar-refractivity contribution >= 4 is 33.5 Å². The van der Waals surface area contributed by atoms with E-state index in [1.54, 1.807) is 48.5 Å². The van der Waals surface area contributed by atoms with Crippen molar-refractivity contribution in [2.45, 2.75) is 6.92 Å². The number of phenols is 1. The Balaban J connectivity index is 1.78. The largest absolute Gasteiger partial charge is 0.508 e. The molecule has 6 heteroatoms. The summed E-state index contributed by atoms with van der Waals surface area (Å²) < 4.78 is 20.7. The molecule has 0 fully saturated rings. The molecular weight excluding hydrogens is 403 g/mol. The summed E-state index contributed by atoms with van der Waals surface area (Å²) in [5.74, 6) is 0.0483. The van der Waals surface area contributed by atoms with Gasteiger partial charge in [0.25, 0.3) is 0 Å². The minimum atomic E-state index is -1.01. The van der Waals surface area contributed by atoms with Gasteiger partial charge in [-0.05, 0) is 72.2 Å². The maximum atomic E-state index is 13.6. The monoisotopic (exact) mass is 420 g/mol. The summed E-state index contributed by atoms with van der Waals surface area (Å²) >= 11 is 1.46. The second-order valence-corrected chi connectivity index (χ2v) is 7.79. The van der Waals surface area contributed by atoms with Gasteiger partial charge in [0, 0.05) is 16.2 Å². The van der Waals surface area contributed by atoms with Crippen LogP contribution in [0.4, 0.5) is 4.39 Å². The molecular formula is C24H17FO4S. The molecule has 150 valence electrons. The maximum absolute atomic E-state index is 13.6. The number of aromatic hydroxyl groups is 1. The minimum absolute atomic E-state index is 0.159. The first kappa shape index (κ1) is 19.7. The third-order valence-corrected chi connectivity index (χ3v) is 5.75. The van der Waals surface area contributed by atoms with Crippen LogP contribution in [0.15, 0.2) is 66.7 Å². The van der Waals surface area contributed by atoms with Crippen LogP contribution in [0.3, 0.4) is 0 Å². The minimum Gasteiger partial charge on any atom is -0.508 e. The summed E-state index contributed by atoms with van der Waals surface area (Å²) in [4.78, 5) is 11.5. The zero-order valence-corrected chi connectivity index (χ0v) is 16.7. The molecule has 0 atom stereocenters. The van der Waals surface area contributed by atoms with Gasteiger partial charge in [0.2, 0.25) is 0 Å². The molecule has 4 nitrogen and oxygen atoms in total. The van der Waals surface area contributed by atoms with Crippen LogP contribution >= 0.6 is 11.3 Å². The molecule has 1 heterocycles. The van der Waals surface area contributed by atoms with Crippen LogP contribution in [-0.4, -0.2) is 16.2 Å². The van der Waals surface area contributed by atoms with Crippen LogP contribution in [0.25, 0.3) is 26.6 Å². The number of aryl methyl sites for hydroxylation is 1. The number of halogens is 1. The predicted molar refractivity (Wildman–Crippen MR) is 117 cm³/mol. The van der Waals surface area contributed by atoms with Crippen molar-refractivity contribution in [3.8, 4) is 27.7 Å². The van der Waals surface area contributed by atoms with E-state index < -0.39 is 5.97 Å². The zero-order chi connectivity index (χ0) is 21.3. The molecule has 0 amide bonds. The van der Waals surface area contributed by atoms with Gasteiger partial charge in [0.05, 0.1) is 4.88 Å². The number of aliphatic carboxylic acids is 1. The van der Waals surface area contributed by atoms with E-state index >= 15 is 0 Å². The highest BCUT2D eigenvalue weighted by Gasteiger charge is 2.18. The summed E-state index contributed by atoms with van der Waals surface area (Å²) in [7, 11) is 0. The molecule has 0 bridgehead atoms. The molecule has 0 aliphatic rings. The van der Waals surface area contributed by atoms with Crippen molar-refractivity contribution in [3.63, 3.8) is 0 Å². The number of carboxylic acids is 1. The molecule has 30 heavy (non-hydrogen) atoms. The lowest BCUT2D eigenvalue weighted by Gasteiger charge is -2.10. The van der Waals surface area contributed by atoms with Gasteiger partial charge in [-0.2, -0.15) is 0 Å². The van der Waals surface area contributed by atoms with Crippen molar-refractivity contribution in [1.29, 1.82) is 0 Å². The molecule has 1 aromatic heterocycles. The number of fused-ring (bicyclic) bond motifs is 1. The fraction of sp³-hybridized carbons (Fsp3) is 0.0417. The fourth-order valence-corrected chi connectivity index (χ4v) is 4.41. The number of benzene rings is 3. The summed E-state index contributed by atoms with van der Waals surface area (Å²) in [5.41, 5.74) is 2.37. The summed E-state index contributed by atoms with van der Waals surface area (Å²) in [6.07, 6.45) is 2.58. The van der Waals surface area contributed by atoms with Gasteiger partial charge in [0.15, 0.2) is 5.75 Å². The number of hydrogen-bond acceptors (Lipinski definition) is 4. The van der Waals surface area contributed by atoms with Crippen LogP contribution in [0.1, 0.15) is 11.1 Å². The third kappa shape index (κ3) is 4.04. The lowest BCUT2D eigenvalue weighted by atomic mass is 10.1. The Hall–Kier alpha value is -3.64. The summed E-state index contributed by atoms with van der Waals surface area (Å²) in [6.45, 7) is 1.84. The van der Waals surface area contributed by atoms with E-state index in [0.29, 0.717) is 11.5 Å². The highest BCUT2D eigenvalue weighted by atomic mass is 32.1. The number of rotatable bonds is 5. The normalized spacial score (nSPS) is 11.3. The van der Waals surface area contributed by atoms with Gasteiger partial charge in [-0.15, -0.1) is 11.3 Å². The Morgan fingerprint density at radius 1 is 1.07 bits per heavy atom. The zero-order valence-electron chi connectivity index (χ0n) is 15.9. The predicted octanol–water partition coefficient (Wildman–Crippen LogP) is 6.61. The lowest BCUT2D eigenvalue weighted by molar-refractivity contribution is -0.131. The fourth-order valence-electron chi connectivity index (χ4n) is 3.15. The molecule has 2 N–H and O–H groups in total. The Morgan fingerprint density at radius 2 is 1.83 bits per heavy atom. The molecule has 0 saturated heterocycles. The highest BCUT2D eigenvalue weighted by molar-refractivity contribution is 7.22. The molecule has 0 aliphatic heterocycles. The van der Waals surface area contributed by atoms with Gasteiger partial charge in [-0.25, -0.2) is 9.18 Å². The number of hydrogen-bond donors (Lipinski definition) is 2. The van der Waals surface area contributed by atoms with Gasteiger partial charge in [-0.3, -0.25) is 0 Å². The van der Waals surface area contributed by atoms with Crippen LogP contribution in [-0.2, 0) is 4.79 Å². The van der Waals surface area contributed by atoms with E-state index in [-0.39, 0.29) is 11.6 Å². The average molecular weight is 420 g/mol. The quantitative estimate of drug-likeness (QED) is 0.357. The Morgan fingerprint density at radius 3 is 2.53 bits per heavy atom. The van der Waals surface area contributed by atoms with E-state index in [9.17, 15) is 14.3 Å². The van der Waals surface area contributed by atoms with Crippen LogP contribution in [0, 0.1) is 12.7 Å². The first-order chi connectivity index (χ1) is 14.4. The lowest BCUT2D eigenvalue weighted by Crippen LogP contribution is -1.89. The van der Waals surface area contributed by atoms with Gasteiger partial charge in [-0.1, -0.05) is 18.2 Å². The van der Waals surface area contributed by atoms with Crippen LogP contribution in [0.5, 0.6) is 17.2 Å². The summed E-state index contributed by atoms with van der Waals surface area (Å²) in [5, 5.41) is 19.5. The first-order valence-electron chi connectivity index (χ1n) is 9.11. The molecule has 3 aromatic carbocycles. The highest BCUT2D eigenvalue weighted by Crippen LogP contribution is 2.47. The van der Waals surface area contributed by atoms with E-state index in [1.807, 2.05) is 6.92 Å². The van der Waals surface area contributed by atoms with Crippen molar-refractivity contribution in [2.24, 2.45) is 0 Å². The Labute approximate surface area is 176 Å². The second kappa shape index (κ2) is 8.00. The standard InChI is InChI=1S/C24H17FO4S/c1-14-12-16(25)5-9-19(14)24-23(20-10-6-17(26)13-21(20)30-24)29-18-7-2-15(3-8-18)4-11-22(27)28/h2-13,26H,1H3,(H,27,28). The van der Waals surface area contributed by atoms with Gasteiger partial charge >= 0.3 is 5.97 Å². The number of carboxylic acid groups (broad SMARTS) is 1. The smallest absolute Gasteiger partial charge is 0.328 e. The van der Waals surface area contributed by atoms with Crippen molar-refractivity contribution in [2.75, 3.05) is 0 Å². The topological polar surface area (TPSA) is 66.8 Å². The Bertz CT molecular complexity index is 1270. The molecule has 0 spiro atoms. The van der Waals surface area contributed by atoms with Crippen molar-refractivity contribution in [3.05, 3.63) is 83.7 Å². The maximum Gasteiger partial charge on any atom is 0.328 e. The van der Waals surface area contributed by atoms with Crippen molar-refractivity contribution < 1.29 is 24.1 Å². The number of phenolic OH excluding ortho intramolecular Hbond substituents is 1. The first-order valence-corrected chi connectivity index (χ1v) is 9.93. The number of thiophene rings is 1. The van der Waals surface area contributed by atoms with Crippen LogP contribution < -0.4 is 4.74 Å². The molecule has 0 saturated carbocycles. The van der Waals surface area contributed by atoms with E-state index in [2.05, 4.69) is 0 Å². The molecule has 0 unspecified atom stereocenters.